The van der Waals surface area contributed by atoms with E-state index < -0.39 is 23.8 Å². The number of hydrogen-bond donors (Lipinski definition) is 3. The van der Waals surface area contributed by atoms with Crippen molar-refractivity contribution >= 4 is 23.9 Å². The van der Waals surface area contributed by atoms with Gasteiger partial charge in [0.2, 0.25) is 11.8 Å². The smallest absolute Gasteiger partial charge is 0.326 e. The number of primary amides is 1. The molecule has 1 atom stereocenters. The molecule has 0 fully saturated rings. The van der Waals surface area contributed by atoms with E-state index in [1.54, 1.807) is 6.08 Å². The van der Waals surface area contributed by atoms with Crippen LogP contribution in [0.4, 0.5) is 0 Å². The molecule has 1 aromatic rings. The summed E-state index contributed by atoms with van der Waals surface area (Å²) < 4.78 is 0. The molecule has 0 aliphatic rings. The summed E-state index contributed by atoms with van der Waals surface area (Å²) in [5, 5.41) is 11.2. The van der Waals surface area contributed by atoms with E-state index in [9.17, 15) is 14.4 Å². The van der Waals surface area contributed by atoms with Crippen molar-refractivity contribution in [2.24, 2.45) is 5.73 Å². The third kappa shape index (κ3) is 5.81. The number of amides is 2. The van der Waals surface area contributed by atoms with Gasteiger partial charge in [-0.2, -0.15) is 0 Å². The first-order valence-electron chi connectivity index (χ1n) is 6.04. The van der Waals surface area contributed by atoms with Crippen LogP contribution in [0.3, 0.4) is 0 Å². The van der Waals surface area contributed by atoms with E-state index in [1.165, 1.54) is 6.08 Å². The minimum Gasteiger partial charge on any atom is -0.480 e. The topological polar surface area (TPSA) is 109 Å². The van der Waals surface area contributed by atoms with Crippen molar-refractivity contribution in [2.45, 2.75) is 18.9 Å². The Labute approximate surface area is 116 Å². The molecule has 6 heteroatoms. The average molecular weight is 276 g/mol. The predicted molar refractivity (Wildman–Crippen MR) is 73.5 cm³/mol. The summed E-state index contributed by atoms with van der Waals surface area (Å²) in [6.45, 7) is 0. The van der Waals surface area contributed by atoms with Crippen LogP contribution in [0, 0.1) is 0 Å². The van der Waals surface area contributed by atoms with Crippen molar-refractivity contribution < 1.29 is 19.5 Å². The number of benzene rings is 1. The third-order valence-electron chi connectivity index (χ3n) is 2.52. The SMILES string of the molecule is NC(=O)CCC(NC(=O)C=Cc1ccccc1)C(=O)O. The molecule has 1 rings (SSSR count). The Morgan fingerprint density at radius 3 is 2.45 bits per heavy atom. The van der Waals surface area contributed by atoms with Gasteiger partial charge in [0, 0.05) is 12.5 Å². The standard InChI is InChI=1S/C14H16N2O4/c15-12(17)8-7-11(14(19)20)16-13(18)9-6-10-4-2-1-3-5-10/h1-6,9,11H,7-8H2,(H2,15,17)(H,16,18)(H,19,20). The van der Waals surface area contributed by atoms with Crippen molar-refractivity contribution in [3.8, 4) is 0 Å². The molecule has 6 nitrogen and oxygen atoms in total. The fourth-order valence-corrected chi connectivity index (χ4v) is 1.50. The van der Waals surface area contributed by atoms with Gasteiger partial charge in [-0.05, 0) is 18.1 Å². The second kappa shape index (κ2) is 7.73. The van der Waals surface area contributed by atoms with Crippen LogP contribution in [0.15, 0.2) is 36.4 Å². The lowest BCUT2D eigenvalue weighted by Gasteiger charge is -2.11. The number of rotatable bonds is 7. The van der Waals surface area contributed by atoms with Crippen LogP contribution in [0.1, 0.15) is 18.4 Å². The van der Waals surface area contributed by atoms with E-state index in [-0.39, 0.29) is 12.8 Å². The largest absolute Gasteiger partial charge is 0.480 e. The highest BCUT2D eigenvalue weighted by atomic mass is 16.4. The average Bonchev–Trinajstić information content (AvgIpc) is 2.41. The van der Waals surface area contributed by atoms with Crippen molar-refractivity contribution in [1.29, 1.82) is 0 Å². The highest BCUT2D eigenvalue weighted by molar-refractivity contribution is 5.94. The Balaban J connectivity index is 2.56. The maximum atomic E-state index is 11.6. The van der Waals surface area contributed by atoms with Crippen LogP contribution in [-0.4, -0.2) is 28.9 Å². The quantitative estimate of drug-likeness (QED) is 0.631. The van der Waals surface area contributed by atoms with E-state index in [1.807, 2.05) is 30.3 Å². The highest BCUT2D eigenvalue weighted by Gasteiger charge is 2.19. The second-order valence-corrected chi connectivity index (χ2v) is 4.15. The van der Waals surface area contributed by atoms with Crippen LogP contribution in [0.2, 0.25) is 0 Å². The predicted octanol–water partition coefficient (Wildman–Crippen LogP) is 0.535. The fourth-order valence-electron chi connectivity index (χ4n) is 1.50. The maximum Gasteiger partial charge on any atom is 0.326 e. The van der Waals surface area contributed by atoms with Gasteiger partial charge in [0.15, 0.2) is 0 Å². The number of carbonyl (C=O) groups is 3. The molecule has 1 unspecified atom stereocenters. The normalized spacial score (nSPS) is 12.0. The Bertz CT molecular complexity index is 511. The van der Waals surface area contributed by atoms with Gasteiger partial charge in [0.05, 0.1) is 0 Å². The van der Waals surface area contributed by atoms with Gasteiger partial charge < -0.3 is 16.2 Å². The molecule has 0 saturated heterocycles. The molecular formula is C14H16N2O4. The summed E-state index contributed by atoms with van der Waals surface area (Å²) in [4.78, 5) is 33.2. The zero-order valence-corrected chi connectivity index (χ0v) is 10.8. The van der Waals surface area contributed by atoms with Gasteiger partial charge in [-0.1, -0.05) is 30.3 Å². The summed E-state index contributed by atoms with van der Waals surface area (Å²) in [5.74, 6) is -2.34. The molecule has 0 heterocycles. The first kappa shape index (κ1) is 15.4. The molecule has 20 heavy (non-hydrogen) atoms. The van der Waals surface area contributed by atoms with Gasteiger partial charge in [0.25, 0.3) is 0 Å². The monoisotopic (exact) mass is 276 g/mol. The molecule has 2 amide bonds. The summed E-state index contributed by atoms with van der Waals surface area (Å²) in [6, 6.07) is 7.99. The number of nitrogens with one attached hydrogen (secondary N) is 1. The van der Waals surface area contributed by atoms with Gasteiger partial charge in [-0.15, -0.1) is 0 Å². The summed E-state index contributed by atoms with van der Waals surface area (Å²) in [6.07, 6.45) is 2.69. The third-order valence-corrected chi connectivity index (χ3v) is 2.52. The number of carboxylic acids is 1. The van der Waals surface area contributed by atoms with Crippen LogP contribution < -0.4 is 11.1 Å². The van der Waals surface area contributed by atoms with E-state index in [0.29, 0.717) is 0 Å². The van der Waals surface area contributed by atoms with Crippen molar-refractivity contribution in [3.63, 3.8) is 0 Å². The van der Waals surface area contributed by atoms with Gasteiger partial charge in [-0.25, -0.2) is 4.79 Å². The molecule has 0 aliphatic heterocycles. The highest BCUT2D eigenvalue weighted by Crippen LogP contribution is 2.02. The van der Waals surface area contributed by atoms with Crippen molar-refractivity contribution in [1.82, 2.24) is 5.32 Å². The zero-order valence-electron chi connectivity index (χ0n) is 10.8. The van der Waals surface area contributed by atoms with Crippen LogP contribution in [0.25, 0.3) is 6.08 Å². The number of carbonyl (C=O) groups excluding carboxylic acids is 2. The molecule has 106 valence electrons. The maximum absolute atomic E-state index is 11.6. The van der Waals surface area contributed by atoms with Crippen LogP contribution in [-0.2, 0) is 14.4 Å². The summed E-state index contributed by atoms with van der Waals surface area (Å²) >= 11 is 0. The molecule has 0 spiro atoms. The molecule has 4 N–H and O–H groups in total. The minimum absolute atomic E-state index is 0.0322. The lowest BCUT2D eigenvalue weighted by Crippen LogP contribution is -2.40. The van der Waals surface area contributed by atoms with Gasteiger partial charge in [0.1, 0.15) is 6.04 Å². The Hall–Kier alpha value is -2.63. The molecule has 0 saturated carbocycles. The molecule has 0 aromatic heterocycles. The van der Waals surface area contributed by atoms with E-state index in [0.717, 1.165) is 5.56 Å². The molecule has 1 aromatic carbocycles. The number of nitrogens with two attached hydrogens (primary N) is 1. The van der Waals surface area contributed by atoms with E-state index >= 15 is 0 Å². The van der Waals surface area contributed by atoms with E-state index in [4.69, 9.17) is 10.8 Å². The Kier molecular flexibility index (Phi) is 5.96. The molecule has 0 bridgehead atoms. The molecular weight excluding hydrogens is 260 g/mol. The van der Waals surface area contributed by atoms with E-state index in [2.05, 4.69) is 5.32 Å². The Morgan fingerprint density at radius 1 is 1.25 bits per heavy atom. The minimum atomic E-state index is -1.20. The summed E-state index contributed by atoms with van der Waals surface area (Å²) in [5.41, 5.74) is 5.77. The zero-order chi connectivity index (χ0) is 15.0. The molecule has 0 radical (unpaired) electrons. The van der Waals surface area contributed by atoms with Crippen molar-refractivity contribution in [3.05, 3.63) is 42.0 Å². The number of aliphatic carboxylic acids is 1. The number of hydrogen-bond acceptors (Lipinski definition) is 3. The van der Waals surface area contributed by atoms with Crippen molar-refractivity contribution in [2.75, 3.05) is 0 Å². The lowest BCUT2D eigenvalue weighted by molar-refractivity contribution is -0.141. The Morgan fingerprint density at radius 2 is 1.90 bits per heavy atom. The second-order valence-electron chi connectivity index (χ2n) is 4.15. The first-order chi connectivity index (χ1) is 9.49. The van der Waals surface area contributed by atoms with Gasteiger partial charge >= 0.3 is 5.97 Å². The number of carboxylic acid groups (broad SMARTS) is 1. The van der Waals surface area contributed by atoms with Crippen LogP contribution in [0.5, 0.6) is 0 Å². The summed E-state index contributed by atoms with van der Waals surface area (Å²) in [7, 11) is 0. The first-order valence-corrected chi connectivity index (χ1v) is 6.04. The molecule has 0 aliphatic carbocycles. The fraction of sp³-hybridized carbons (Fsp3) is 0.214. The van der Waals surface area contributed by atoms with Crippen LogP contribution >= 0.6 is 0 Å². The lowest BCUT2D eigenvalue weighted by atomic mass is 10.1. The van der Waals surface area contributed by atoms with Gasteiger partial charge in [-0.3, -0.25) is 9.59 Å².